The molecular weight excluding hydrogens is 218 g/mol. The van der Waals surface area contributed by atoms with Gasteiger partial charge in [-0.05, 0) is 52.7 Å². The van der Waals surface area contributed by atoms with Crippen molar-refractivity contribution in [2.24, 2.45) is 0 Å². The Bertz CT molecular complexity index is 406. The fourth-order valence-corrected chi connectivity index (χ4v) is 1.71. The van der Waals surface area contributed by atoms with Crippen LogP contribution in [0.25, 0.3) is 0 Å². The Labute approximate surface area is 112 Å². The highest BCUT2D eigenvalue weighted by Crippen LogP contribution is 2.09. The van der Waals surface area contributed by atoms with E-state index in [-0.39, 0.29) is 0 Å². The van der Waals surface area contributed by atoms with Gasteiger partial charge in [-0.3, -0.25) is 0 Å². The Morgan fingerprint density at radius 1 is 1.06 bits per heavy atom. The number of hydrogen-bond acceptors (Lipinski definition) is 1. The minimum absolute atomic E-state index is 0.906. The van der Waals surface area contributed by atoms with Crippen LogP contribution in [0.5, 0.6) is 0 Å². The molecule has 1 nitrogen and oxygen atoms in total. The summed E-state index contributed by atoms with van der Waals surface area (Å²) < 4.78 is 0. The number of allylic oxidation sites excluding steroid dienone is 3. The maximum absolute atomic E-state index is 3.41. The molecule has 0 aliphatic rings. The highest BCUT2D eigenvalue weighted by atomic mass is 14.8. The van der Waals surface area contributed by atoms with Gasteiger partial charge in [0.1, 0.15) is 0 Å². The van der Waals surface area contributed by atoms with Gasteiger partial charge in [0.05, 0.1) is 0 Å². The van der Waals surface area contributed by atoms with Crippen LogP contribution in [0.3, 0.4) is 0 Å². The third-order valence-corrected chi connectivity index (χ3v) is 2.90. The van der Waals surface area contributed by atoms with E-state index in [1.54, 1.807) is 0 Å². The molecular formula is C17H25N. The molecule has 1 heteroatoms. The molecule has 18 heavy (non-hydrogen) atoms. The number of aryl methyl sites for hydroxylation is 1. The molecule has 1 N–H and O–H groups in total. The normalized spacial score (nSPS) is 11.2. The van der Waals surface area contributed by atoms with Crippen molar-refractivity contribution < 1.29 is 0 Å². The Morgan fingerprint density at radius 2 is 1.72 bits per heavy atom. The molecule has 1 aromatic rings. The zero-order chi connectivity index (χ0) is 13.4. The number of benzene rings is 1. The summed E-state index contributed by atoms with van der Waals surface area (Å²) in [6.45, 7) is 9.52. The fraction of sp³-hybridized carbons (Fsp3) is 0.412. The number of nitrogens with one attached hydrogen (secondary N) is 1. The number of hydrogen-bond donors (Lipinski definition) is 1. The van der Waals surface area contributed by atoms with Gasteiger partial charge in [-0.25, -0.2) is 0 Å². The van der Waals surface area contributed by atoms with Gasteiger partial charge in [0.2, 0.25) is 0 Å². The third-order valence-electron chi connectivity index (χ3n) is 2.90. The van der Waals surface area contributed by atoms with Crippen molar-refractivity contribution in [1.29, 1.82) is 0 Å². The molecule has 98 valence electrons. The predicted octanol–water partition coefficient (Wildman–Crippen LogP) is 5.10. The first-order valence-electron chi connectivity index (χ1n) is 6.67. The van der Waals surface area contributed by atoms with Gasteiger partial charge in [-0.2, -0.15) is 0 Å². The lowest BCUT2D eigenvalue weighted by Crippen LogP contribution is -1.98. The van der Waals surface area contributed by atoms with Crippen molar-refractivity contribution in [3.63, 3.8) is 0 Å². The molecule has 0 fully saturated rings. The van der Waals surface area contributed by atoms with E-state index in [1.807, 2.05) is 0 Å². The van der Waals surface area contributed by atoms with E-state index < -0.39 is 0 Å². The van der Waals surface area contributed by atoms with Crippen LogP contribution in [0.1, 0.15) is 39.2 Å². The van der Waals surface area contributed by atoms with Crippen LogP contribution in [0.15, 0.2) is 47.6 Å². The van der Waals surface area contributed by atoms with Gasteiger partial charge >= 0.3 is 0 Å². The lowest BCUT2D eigenvalue weighted by Gasteiger charge is -2.05. The fourth-order valence-electron chi connectivity index (χ4n) is 1.71. The first-order valence-corrected chi connectivity index (χ1v) is 6.67. The maximum Gasteiger partial charge on any atom is 0.0342 e. The van der Waals surface area contributed by atoms with Crippen molar-refractivity contribution in [2.45, 2.75) is 40.5 Å². The molecule has 0 aliphatic heterocycles. The Hall–Kier alpha value is -1.50. The second-order valence-electron chi connectivity index (χ2n) is 5.12. The Morgan fingerprint density at radius 3 is 2.33 bits per heavy atom. The molecule has 0 aliphatic carbocycles. The van der Waals surface area contributed by atoms with Crippen LogP contribution in [-0.4, -0.2) is 6.54 Å². The van der Waals surface area contributed by atoms with Gasteiger partial charge in [0, 0.05) is 12.2 Å². The Balaban J connectivity index is 2.31. The second kappa shape index (κ2) is 7.75. The van der Waals surface area contributed by atoms with Gasteiger partial charge in [0.25, 0.3) is 0 Å². The monoisotopic (exact) mass is 243 g/mol. The van der Waals surface area contributed by atoms with E-state index in [2.05, 4.69) is 69.4 Å². The topological polar surface area (TPSA) is 12.0 Å². The zero-order valence-corrected chi connectivity index (χ0v) is 12.1. The molecule has 0 bridgehead atoms. The summed E-state index contributed by atoms with van der Waals surface area (Å²) >= 11 is 0. The highest BCUT2D eigenvalue weighted by molar-refractivity contribution is 5.44. The van der Waals surface area contributed by atoms with Crippen LogP contribution in [-0.2, 0) is 0 Å². The molecule has 0 heterocycles. The van der Waals surface area contributed by atoms with Gasteiger partial charge in [-0.15, -0.1) is 0 Å². The standard InChI is InChI=1S/C17H25N/c1-14(2)6-5-7-15(3)12-13-18-17-10-8-16(4)9-11-17/h6,8-12,18H,5,7,13H2,1-4H3/b15-12+. The molecule has 1 aromatic carbocycles. The summed E-state index contributed by atoms with van der Waals surface area (Å²) in [4.78, 5) is 0. The molecule has 0 amide bonds. The molecule has 0 saturated heterocycles. The third kappa shape index (κ3) is 6.29. The summed E-state index contributed by atoms with van der Waals surface area (Å²) in [5.41, 5.74) is 5.34. The van der Waals surface area contributed by atoms with E-state index >= 15 is 0 Å². The molecule has 0 unspecified atom stereocenters. The van der Waals surface area contributed by atoms with E-state index in [4.69, 9.17) is 0 Å². The van der Waals surface area contributed by atoms with Crippen molar-refractivity contribution in [3.05, 3.63) is 53.1 Å². The van der Waals surface area contributed by atoms with Crippen LogP contribution in [0.4, 0.5) is 5.69 Å². The van der Waals surface area contributed by atoms with E-state index in [1.165, 1.54) is 22.4 Å². The van der Waals surface area contributed by atoms with Crippen molar-refractivity contribution in [3.8, 4) is 0 Å². The van der Waals surface area contributed by atoms with Gasteiger partial charge < -0.3 is 5.32 Å². The molecule has 0 saturated carbocycles. The SMILES string of the molecule is CC(C)=CCC/C(C)=C/CNc1ccc(C)cc1. The molecule has 1 rings (SSSR count). The number of anilines is 1. The first kappa shape index (κ1) is 14.6. The largest absolute Gasteiger partial charge is 0.382 e. The molecule has 0 spiro atoms. The van der Waals surface area contributed by atoms with Crippen LogP contribution in [0, 0.1) is 6.92 Å². The molecule has 0 radical (unpaired) electrons. The summed E-state index contributed by atoms with van der Waals surface area (Å²) in [6.07, 6.45) is 6.87. The maximum atomic E-state index is 3.41. The van der Waals surface area contributed by atoms with Crippen LogP contribution >= 0.6 is 0 Å². The van der Waals surface area contributed by atoms with Gasteiger partial charge in [0.15, 0.2) is 0 Å². The molecule has 0 atom stereocenters. The minimum Gasteiger partial charge on any atom is -0.382 e. The average Bonchev–Trinajstić information content (AvgIpc) is 2.31. The quantitative estimate of drug-likeness (QED) is 0.685. The summed E-state index contributed by atoms with van der Waals surface area (Å²) in [6, 6.07) is 8.52. The van der Waals surface area contributed by atoms with Crippen molar-refractivity contribution >= 4 is 5.69 Å². The number of rotatable bonds is 6. The smallest absolute Gasteiger partial charge is 0.0342 e. The van der Waals surface area contributed by atoms with Crippen molar-refractivity contribution in [2.75, 3.05) is 11.9 Å². The van der Waals surface area contributed by atoms with Crippen LogP contribution in [0.2, 0.25) is 0 Å². The average molecular weight is 243 g/mol. The van der Waals surface area contributed by atoms with E-state index in [0.29, 0.717) is 0 Å². The lowest BCUT2D eigenvalue weighted by molar-refractivity contribution is 0.959. The second-order valence-corrected chi connectivity index (χ2v) is 5.12. The van der Waals surface area contributed by atoms with Gasteiger partial charge in [-0.1, -0.05) is 41.0 Å². The van der Waals surface area contributed by atoms with E-state index in [0.717, 1.165) is 19.4 Å². The Kier molecular flexibility index (Phi) is 6.27. The predicted molar refractivity (Wildman–Crippen MR) is 82.1 cm³/mol. The highest BCUT2D eigenvalue weighted by Gasteiger charge is 1.91. The first-order chi connectivity index (χ1) is 8.58. The zero-order valence-electron chi connectivity index (χ0n) is 12.1. The van der Waals surface area contributed by atoms with Crippen LogP contribution < -0.4 is 5.32 Å². The van der Waals surface area contributed by atoms with Crippen molar-refractivity contribution in [1.82, 2.24) is 0 Å². The minimum atomic E-state index is 0.906. The molecule has 0 aromatic heterocycles. The summed E-state index contributed by atoms with van der Waals surface area (Å²) in [7, 11) is 0. The summed E-state index contributed by atoms with van der Waals surface area (Å²) in [5, 5.41) is 3.41. The lowest BCUT2D eigenvalue weighted by atomic mass is 10.1. The summed E-state index contributed by atoms with van der Waals surface area (Å²) in [5.74, 6) is 0. The van der Waals surface area contributed by atoms with E-state index in [9.17, 15) is 0 Å².